The smallest absolute Gasteiger partial charge is 0.350 e. The minimum absolute atomic E-state index is 0.0959. The average molecular weight is 422 g/mol. The number of aromatic nitrogens is 1. The van der Waals surface area contributed by atoms with Gasteiger partial charge in [0.15, 0.2) is 0 Å². The first-order chi connectivity index (χ1) is 12.5. The molecule has 1 aromatic heterocycles. The monoisotopic (exact) mass is 421 g/mol. The number of pyridine rings is 1. The molecule has 0 fully saturated rings. The molecule has 0 spiro atoms. The normalized spacial score (nSPS) is 11.9. The Balaban J connectivity index is 2.23. The van der Waals surface area contributed by atoms with Gasteiger partial charge in [-0.1, -0.05) is 17.7 Å². The highest BCUT2D eigenvalue weighted by Crippen LogP contribution is 2.37. The Morgan fingerprint density at radius 3 is 2.56 bits per heavy atom. The predicted octanol–water partition coefficient (Wildman–Crippen LogP) is 2.84. The van der Waals surface area contributed by atoms with Crippen LogP contribution < -0.4 is 9.62 Å². The van der Waals surface area contributed by atoms with Gasteiger partial charge in [0, 0.05) is 18.9 Å². The van der Waals surface area contributed by atoms with Gasteiger partial charge in [0.1, 0.15) is 6.54 Å². The van der Waals surface area contributed by atoms with Crippen LogP contribution in [0.3, 0.4) is 0 Å². The van der Waals surface area contributed by atoms with Gasteiger partial charge in [-0.3, -0.25) is 14.1 Å². The van der Waals surface area contributed by atoms with Crippen molar-refractivity contribution in [3.05, 3.63) is 58.9 Å². The van der Waals surface area contributed by atoms with E-state index in [0.717, 1.165) is 18.4 Å². The molecule has 0 bridgehead atoms. The molecule has 1 amide bonds. The number of carbonyl (C=O) groups is 1. The Morgan fingerprint density at radius 1 is 1.30 bits per heavy atom. The van der Waals surface area contributed by atoms with E-state index in [1.807, 2.05) is 0 Å². The Morgan fingerprint density at radius 2 is 2.00 bits per heavy atom. The van der Waals surface area contributed by atoms with Gasteiger partial charge in [-0.05, 0) is 29.8 Å². The van der Waals surface area contributed by atoms with Crippen LogP contribution in [0.5, 0.6) is 0 Å². The molecule has 1 N–H and O–H groups in total. The standard InChI is InChI=1S/C16H15ClF3N3O3S/c1-27(25,26)23(10-15(24)22-9-11-3-2-6-21-8-11)12-4-5-14(17)13(7-12)16(18,19)20/h2-8H,9-10H2,1H3,(H,22,24). The second kappa shape index (κ2) is 8.13. The number of hydrogen-bond acceptors (Lipinski definition) is 4. The van der Waals surface area contributed by atoms with E-state index in [-0.39, 0.29) is 12.2 Å². The molecule has 6 nitrogen and oxygen atoms in total. The molecule has 146 valence electrons. The fourth-order valence-electron chi connectivity index (χ4n) is 2.18. The zero-order valence-electron chi connectivity index (χ0n) is 14.0. The maximum atomic E-state index is 13.0. The molecule has 1 aromatic carbocycles. The van der Waals surface area contributed by atoms with Crippen LogP contribution in [0.15, 0.2) is 42.7 Å². The van der Waals surface area contributed by atoms with Crippen molar-refractivity contribution in [3.63, 3.8) is 0 Å². The van der Waals surface area contributed by atoms with E-state index in [1.54, 1.807) is 18.3 Å². The van der Waals surface area contributed by atoms with Gasteiger partial charge >= 0.3 is 6.18 Å². The van der Waals surface area contributed by atoms with Gasteiger partial charge in [-0.25, -0.2) is 8.42 Å². The summed E-state index contributed by atoms with van der Waals surface area (Å²) < 4.78 is 63.7. The largest absolute Gasteiger partial charge is 0.417 e. The van der Waals surface area contributed by atoms with Crippen LogP contribution in [0.4, 0.5) is 18.9 Å². The summed E-state index contributed by atoms with van der Waals surface area (Å²) in [6, 6.07) is 6.00. The zero-order chi connectivity index (χ0) is 20.2. The van der Waals surface area contributed by atoms with Crippen molar-refractivity contribution in [3.8, 4) is 0 Å². The van der Waals surface area contributed by atoms with Gasteiger partial charge in [0.25, 0.3) is 0 Å². The van der Waals surface area contributed by atoms with Crippen LogP contribution >= 0.6 is 11.6 Å². The van der Waals surface area contributed by atoms with Crippen molar-refractivity contribution in [1.29, 1.82) is 0 Å². The van der Waals surface area contributed by atoms with Crippen molar-refractivity contribution in [2.24, 2.45) is 0 Å². The highest BCUT2D eigenvalue weighted by Gasteiger charge is 2.34. The van der Waals surface area contributed by atoms with Crippen LogP contribution in [-0.4, -0.2) is 32.1 Å². The number of nitrogens with one attached hydrogen (secondary N) is 1. The van der Waals surface area contributed by atoms with E-state index in [2.05, 4.69) is 10.3 Å². The third-order valence-electron chi connectivity index (χ3n) is 3.44. The van der Waals surface area contributed by atoms with Gasteiger partial charge in [-0.2, -0.15) is 13.2 Å². The Hall–Kier alpha value is -2.33. The molecule has 2 aromatic rings. The summed E-state index contributed by atoms with van der Waals surface area (Å²) in [4.78, 5) is 16.0. The van der Waals surface area contributed by atoms with E-state index in [0.29, 0.717) is 15.9 Å². The second-order valence-electron chi connectivity index (χ2n) is 5.57. The molecule has 1 heterocycles. The Labute approximate surface area is 159 Å². The highest BCUT2D eigenvalue weighted by molar-refractivity contribution is 7.92. The Kier molecular flexibility index (Phi) is 6.32. The molecule has 0 radical (unpaired) electrons. The maximum absolute atomic E-state index is 13.0. The number of amides is 1. The number of sulfonamides is 1. The van der Waals surface area contributed by atoms with Crippen molar-refractivity contribution < 1.29 is 26.4 Å². The van der Waals surface area contributed by atoms with Crippen molar-refractivity contribution >= 4 is 33.2 Å². The lowest BCUT2D eigenvalue weighted by molar-refractivity contribution is -0.137. The summed E-state index contributed by atoms with van der Waals surface area (Å²) >= 11 is 5.55. The summed E-state index contributed by atoms with van der Waals surface area (Å²) in [5.74, 6) is -0.687. The summed E-state index contributed by atoms with van der Waals surface area (Å²) in [5.41, 5.74) is -0.820. The van der Waals surface area contributed by atoms with Gasteiger partial charge in [-0.15, -0.1) is 0 Å². The molecular formula is C16H15ClF3N3O3S. The molecule has 27 heavy (non-hydrogen) atoms. The van der Waals surface area contributed by atoms with E-state index in [4.69, 9.17) is 11.6 Å². The number of anilines is 1. The number of rotatable bonds is 6. The molecule has 2 rings (SSSR count). The first-order valence-electron chi connectivity index (χ1n) is 7.48. The van der Waals surface area contributed by atoms with Gasteiger partial charge < -0.3 is 5.32 Å². The molecule has 0 saturated heterocycles. The molecule has 0 aliphatic rings. The van der Waals surface area contributed by atoms with Gasteiger partial charge in [0.2, 0.25) is 15.9 Å². The summed E-state index contributed by atoms with van der Waals surface area (Å²) in [6.45, 7) is -0.587. The van der Waals surface area contributed by atoms with Gasteiger partial charge in [0.05, 0.1) is 22.5 Å². The first-order valence-corrected chi connectivity index (χ1v) is 9.71. The number of benzene rings is 1. The lowest BCUT2D eigenvalue weighted by atomic mass is 10.2. The van der Waals surface area contributed by atoms with Crippen LogP contribution in [0.2, 0.25) is 5.02 Å². The third kappa shape index (κ3) is 5.83. The summed E-state index contributed by atoms with van der Waals surface area (Å²) in [7, 11) is -4.02. The van der Waals surface area contributed by atoms with E-state index in [9.17, 15) is 26.4 Å². The number of nitrogens with zero attached hydrogens (tertiary/aromatic N) is 2. The lowest BCUT2D eigenvalue weighted by Crippen LogP contribution is -2.40. The van der Waals surface area contributed by atoms with Crippen LogP contribution in [0.25, 0.3) is 0 Å². The predicted molar refractivity (Wildman–Crippen MR) is 94.7 cm³/mol. The van der Waals surface area contributed by atoms with Crippen molar-refractivity contribution in [2.45, 2.75) is 12.7 Å². The van der Waals surface area contributed by atoms with Crippen LogP contribution in [0.1, 0.15) is 11.1 Å². The lowest BCUT2D eigenvalue weighted by Gasteiger charge is -2.23. The SMILES string of the molecule is CS(=O)(=O)N(CC(=O)NCc1cccnc1)c1ccc(Cl)c(C(F)(F)F)c1. The summed E-state index contributed by atoms with van der Waals surface area (Å²) in [6.07, 6.45) is -0.902. The molecule has 0 atom stereocenters. The number of alkyl halides is 3. The third-order valence-corrected chi connectivity index (χ3v) is 4.91. The molecule has 0 unspecified atom stereocenters. The maximum Gasteiger partial charge on any atom is 0.417 e. The quantitative estimate of drug-likeness (QED) is 0.777. The fraction of sp³-hybridized carbons (Fsp3) is 0.250. The average Bonchev–Trinajstić information content (AvgIpc) is 2.57. The number of hydrogen-bond donors (Lipinski definition) is 1. The highest BCUT2D eigenvalue weighted by atomic mass is 35.5. The first kappa shape index (κ1) is 21.0. The van der Waals surface area contributed by atoms with E-state index >= 15 is 0 Å². The minimum Gasteiger partial charge on any atom is -0.350 e. The van der Waals surface area contributed by atoms with E-state index < -0.39 is 39.2 Å². The van der Waals surface area contributed by atoms with Crippen LogP contribution in [0, 0.1) is 0 Å². The van der Waals surface area contributed by atoms with Crippen molar-refractivity contribution in [1.82, 2.24) is 10.3 Å². The molecule has 11 heteroatoms. The van der Waals surface area contributed by atoms with E-state index in [1.165, 1.54) is 6.20 Å². The topological polar surface area (TPSA) is 79.4 Å². The number of carbonyl (C=O) groups excluding carboxylic acids is 1. The molecule has 0 aliphatic carbocycles. The summed E-state index contributed by atoms with van der Waals surface area (Å²) in [5, 5.41) is 1.93. The zero-order valence-corrected chi connectivity index (χ0v) is 15.6. The second-order valence-corrected chi connectivity index (χ2v) is 7.88. The molecule has 0 aliphatic heterocycles. The molecule has 0 saturated carbocycles. The minimum atomic E-state index is -4.77. The van der Waals surface area contributed by atoms with Crippen LogP contribution in [-0.2, 0) is 27.5 Å². The fourth-order valence-corrected chi connectivity index (χ4v) is 3.25. The molecular weight excluding hydrogens is 407 g/mol. The van der Waals surface area contributed by atoms with Crippen molar-refractivity contribution in [2.75, 3.05) is 17.1 Å². The Bertz CT molecular complexity index is 921. The number of halogens is 4.